The number of hydrogen-bond acceptors (Lipinski definition) is 6. The first kappa shape index (κ1) is 27.8. The summed E-state index contributed by atoms with van der Waals surface area (Å²) < 4.78 is 23.5. The van der Waals surface area contributed by atoms with Crippen LogP contribution in [0.2, 0.25) is 0 Å². The number of aromatic nitrogens is 5. The monoisotopic (exact) mass is 570 g/mol. The van der Waals surface area contributed by atoms with E-state index in [4.69, 9.17) is 4.74 Å². The van der Waals surface area contributed by atoms with Gasteiger partial charge in [-0.2, -0.15) is 5.10 Å². The number of rotatable bonds is 8. The number of amides is 1. The summed E-state index contributed by atoms with van der Waals surface area (Å²) in [6.07, 6.45) is 9.96. The molecule has 9 nitrogen and oxygen atoms in total. The molecule has 1 amide bonds. The topological polar surface area (TPSA) is 95.1 Å². The van der Waals surface area contributed by atoms with Crippen LogP contribution >= 0.6 is 0 Å². The average Bonchev–Trinajstić information content (AvgIpc) is 3.46. The second-order valence-corrected chi connectivity index (χ2v) is 11.4. The molecule has 1 aliphatic carbocycles. The van der Waals surface area contributed by atoms with E-state index in [1.165, 1.54) is 25.4 Å². The summed E-state index contributed by atoms with van der Waals surface area (Å²) in [7, 11) is 3.16. The lowest BCUT2D eigenvalue weighted by Gasteiger charge is -2.36. The molecule has 1 atom stereocenters. The van der Waals surface area contributed by atoms with E-state index in [1.54, 1.807) is 15.4 Å². The lowest BCUT2D eigenvalue weighted by Crippen LogP contribution is -2.43. The van der Waals surface area contributed by atoms with Crippen molar-refractivity contribution in [3.8, 4) is 16.8 Å². The molecule has 2 fully saturated rings. The zero-order valence-electron chi connectivity index (χ0n) is 24.2. The van der Waals surface area contributed by atoms with Gasteiger partial charge in [0.2, 0.25) is 0 Å². The van der Waals surface area contributed by atoms with Crippen molar-refractivity contribution in [1.82, 2.24) is 29.7 Å². The lowest BCUT2D eigenvalue weighted by atomic mass is 9.94. The summed E-state index contributed by atoms with van der Waals surface area (Å²) in [6, 6.07) is 12.3. The number of carbonyl (C=O) groups is 2. The van der Waals surface area contributed by atoms with Gasteiger partial charge in [0.25, 0.3) is 5.91 Å². The maximum Gasteiger partial charge on any atom is 0.341 e. The molecule has 2 aliphatic rings. The van der Waals surface area contributed by atoms with E-state index in [-0.39, 0.29) is 11.9 Å². The Kier molecular flexibility index (Phi) is 7.38. The predicted octanol–water partition coefficient (Wildman–Crippen LogP) is 5.47. The summed E-state index contributed by atoms with van der Waals surface area (Å²) in [5, 5.41) is 13.1. The van der Waals surface area contributed by atoms with Gasteiger partial charge in [-0.15, -0.1) is 5.10 Å². The molecule has 42 heavy (non-hydrogen) atoms. The summed E-state index contributed by atoms with van der Waals surface area (Å²) >= 11 is 0. The molecular formula is C32H35FN6O3. The zero-order valence-corrected chi connectivity index (χ0v) is 24.2. The van der Waals surface area contributed by atoms with Gasteiger partial charge in [-0.25, -0.2) is 13.9 Å². The molecule has 0 radical (unpaired) electrons. The Hall–Kier alpha value is -4.34. The van der Waals surface area contributed by atoms with Gasteiger partial charge in [0, 0.05) is 31.4 Å². The molecule has 2 aromatic carbocycles. The Labute approximate surface area is 244 Å². The number of methoxy groups -OCH3 is 1. The van der Waals surface area contributed by atoms with Gasteiger partial charge < -0.3 is 9.64 Å². The van der Waals surface area contributed by atoms with Gasteiger partial charge in [0.1, 0.15) is 11.4 Å². The second kappa shape index (κ2) is 11.2. The number of ether oxygens (including phenoxy) is 1. The van der Waals surface area contributed by atoms with Gasteiger partial charge in [0.05, 0.1) is 35.8 Å². The van der Waals surface area contributed by atoms with Crippen LogP contribution in [0.15, 0.2) is 54.9 Å². The number of nitrogens with zero attached hydrogens (tertiary/aromatic N) is 6. The number of hydrogen-bond donors (Lipinski definition) is 0. The van der Waals surface area contributed by atoms with Crippen LogP contribution < -0.4 is 0 Å². The number of esters is 1. The van der Waals surface area contributed by atoms with E-state index in [2.05, 4.69) is 22.3 Å². The summed E-state index contributed by atoms with van der Waals surface area (Å²) in [4.78, 5) is 28.3. The van der Waals surface area contributed by atoms with Gasteiger partial charge in [-0.3, -0.25) is 9.48 Å². The van der Waals surface area contributed by atoms with Crippen LogP contribution in [0, 0.1) is 5.82 Å². The Morgan fingerprint density at radius 3 is 2.67 bits per heavy atom. The number of halogens is 1. The van der Waals surface area contributed by atoms with E-state index in [0.717, 1.165) is 56.2 Å². The fourth-order valence-electron chi connectivity index (χ4n) is 6.33. The quantitative estimate of drug-likeness (QED) is 0.261. The van der Waals surface area contributed by atoms with Crippen molar-refractivity contribution in [2.24, 2.45) is 7.05 Å². The largest absolute Gasteiger partial charge is 0.465 e. The third kappa shape index (κ3) is 4.99. The highest BCUT2D eigenvalue weighted by molar-refractivity contribution is 5.96. The van der Waals surface area contributed by atoms with Crippen molar-refractivity contribution in [2.45, 2.75) is 63.3 Å². The van der Waals surface area contributed by atoms with E-state index >= 15 is 4.39 Å². The number of aryl methyl sites for hydroxylation is 1. The van der Waals surface area contributed by atoms with Crippen LogP contribution in [-0.4, -0.2) is 61.2 Å². The van der Waals surface area contributed by atoms with Crippen molar-refractivity contribution in [3.63, 3.8) is 0 Å². The molecule has 0 spiro atoms. The highest BCUT2D eigenvalue weighted by Crippen LogP contribution is 2.54. The van der Waals surface area contributed by atoms with Crippen LogP contribution in [-0.2, 0) is 17.2 Å². The van der Waals surface area contributed by atoms with Crippen LogP contribution in [0.4, 0.5) is 4.39 Å². The van der Waals surface area contributed by atoms with Crippen molar-refractivity contribution < 1.29 is 18.7 Å². The van der Waals surface area contributed by atoms with E-state index in [1.807, 2.05) is 42.4 Å². The summed E-state index contributed by atoms with van der Waals surface area (Å²) in [5.74, 6) is -1.06. The Balaban J connectivity index is 1.39. The maximum atomic E-state index is 15.0. The highest BCUT2D eigenvalue weighted by atomic mass is 19.1. The predicted molar refractivity (Wildman–Crippen MR) is 155 cm³/mol. The van der Waals surface area contributed by atoms with Gasteiger partial charge in [-0.1, -0.05) is 30.7 Å². The van der Waals surface area contributed by atoms with Crippen molar-refractivity contribution in [1.29, 1.82) is 0 Å². The normalized spacial score (nSPS) is 17.7. The molecule has 1 saturated carbocycles. The molecule has 10 heteroatoms. The van der Waals surface area contributed by atoms with Gasteiger partial charge in [0.15, 0.2) is 0 Å². The molecule has 2 aromatic heterocycles. The van der Waals surface area contributed by atoms with E-state index < -0.39 is 17.2 Å². The summed E-state index contributed by atoms with van der Waals surface area (Å²) in [6.45, 7) is 2.82. The lowest BCUT2D eigenvalue weighted by molar-refractivity contribution is 0.0591. The fourth-order valence-corrected chi connectivity index (χ4v) is 6.33. The van der Waals surface area contributed by atoms with Crippen molar-refractivity contribution in [3.05, 3.63) is 83.2 Å². The fraction of sp³-hybridized carbons (Fsp3) is 0.406. The Morgan fingerprint density at radius 1 is 1.12 bits per heavy atom. The van der Waals surface area contributed by atoms with E-state index in [9.17, 15) is 9.59 Å². The summed E-state index contributed by atoms with van der Waals surface area (Å²) in [5.41, 5.74) is 3.68. The highest BCUT2D eigenvalue weighted by Gasteiger charge is 2.53. The maximum absolute atomic E-state index is 15.0. The molecule has 3 heterocycles. The average molecular weight is 571 g/mol. The number of piperidine rings is 1. The molecule has 0 N–H and O–H groups in total. The number of benzene rings is 2. The molecule has 6 rings (SSSR count). The van der Waals surface area contributed by atoms with Gasteiger partial charge in [-0.05, 0) is 80.0 Å². The third-order valence-corrected chi connectivity index (χ3v) is 8.55. The molecule has 1 saturated heterocycles. The molecule has 1 aliphatic heterocycles. The van der Waals surface area contributed by atoms with Crippen LogP contribution in [0.3, 0.4) is 0 Å². The van der Waals surface area contributed by atoms with Crippen LogP contribution in [0.5, 0.6) is 0 Å². The molecule has 0 bridgehead atoms. The second-order valence-electron chi connectivity index (χ2n) is 11.4. The zero-order chi connectivity index (χ0) is 29.4. The minimum Gasteiger partial charge on any atom is -0.465 e. The molecule has 4 aromatic rings. The first-order chi connectivity index (χ1) is 20.3. The molecular weight excluding hydrogens is 535 g/mol. The Bertz CT molecular complexity index is 1640. The van der Waals surface area contributed by atoms with Crippen LogP contribution in [0.25, 0.3) is 16.8 Å². The van der Waals surface area contributed by atoms with E-state index in [0.29, 0.717) is 34.6 Å². The van der Waals surface area contributed by atoms with Crippen molar-refractivity contribution in [2.75, 3.05) is 13.7 Å². The van der Waals surface area contributed by atoms with Gasteiger partial charge >= 0.3 is 5.97 Å². The minimum absolute atomic E-state index is 0.123. The smallest absolute Gasteiger partial charge is 0.341 e. The standard InChI is InChI=1S/C32H35FN6O3/c1-4-8-25-10-5-6-14-38(25)30(40)23-15-22(16-24(33)17-23)21-9-7-11-26(18-21)39-29(27(19-34-39)31(41)42-3)32(12-13-32)28-20-37(2)36-35-28/h7,9,11,15-20,25H,4-6,8,10,12-14H2,1-3H3/t25-/m1/s1. The van der Waals surface area contributed by atoms with Crippen LogP contribution in [0.1, 0.15) is 84.0 Å². The minimum atomic E-state index is -0.522. The Morgan fingerprint density at radius 2 is 1.95 bits per heavy atom. The number of carbonyl (C=O) groups excluding carboxylic acids is 2. The first-order valence-corrected chi connectivity index (χ1v) is 14.6. The SMILES string of the molecule is CCC[C@@H]1CCCCN1C(=O)c1cc(F)cc(-c2cccc(-n3ncc(C(=O)OC)c3C3(c4cn(C)nn4)CC3)c2)c1. The molecule has 218 valence electrons. The first-order valence-electron chi connectivity index (χ1n) is 14.6. The molecule has 0 unspecified atom stereocenters. The third-order valence-electron chi connectivity index (χ3n) is 8.55. The number of likely N-dealkylation sites (tertiary alicyclic amines) is 1. The van der Waals surface area contributed by atoms with Crippen molar-refractivity contribution >= 4 is 11.9 Å².